The van der Waals surface area contributed by atoms with Crippen LogP contribution in [0.3, 0.4) is 0 Å². The number of halogens is 1. The summed E-state index contributed by atoms with van der Waals surface area (Å²) >= 11 is 1.82. The Morgan fingerprint density at radius 2 is 1.93 bits per heavy atom. The topological polar surface area (TPSA) is 77.0 Å². The number of hydrogen-bond donors (Lipinski definition) is 2. The van der Waals surface area contributed by atoms with Crippen molar-refractivity contribution in [3.8, 4) is 0 Å². The van der Waals surface area contributed by atoms with Crippen molar-refractivity contribution in [2.45, 2.75) is 25.8 Å². The van der Waals surface area contributed by atoms with Gasteiger partial charge in [-0.25, -0.2) is 8.42 Å². The zero-order valence-electron chi connectivity index (χ0n) is 18.0. The first kappa shape index (κ1) is 25.8. The molecule has 3 heterocycles. The Morgan fingerprint density at radius 3 is 2.53 bits per heavy atom. The molecule has 2 aliphatic heterocycles. The first-order chi connectivity index (χ1) is 14.0. The van der Waals surface area contributed by atoms with Crippen molar-refractivity contribution >= 4 is 51.1 Å². The van der Waals surface area contributed by atoms with Crippen molar-refractivity contribution in [1.29, 1.82) is 0 Å². The molecule has 7 nitrogen and oxygen atoms in total. The molecule has 30 heavy (non-hydrogen) atoms. The lowest BCUT2D eigenvalue weighted by Crippen LogP contribution is -2.47. The lowest BCUT2D eigenvalue weighted by Gasteiger charge is -2.36. The minimum absolute atomic E-state index is 0. The summed E-state index contributed by atoms with van der Waals surface area (Å²) in [6.07, 6.45) is 2.53. The zero-order valence-corrected chi connectivity index (χ0v) is 22.0. The predicted molar refractivity (Wildman–Crippen MR) is 137 cm³/mol. The van der Waals surface area contributed by atoms with E-state index in [4.69, 9.17) is 0 Å². The largest absolute Gasteiger partial charge is 0.355 e. The van der Waals surface area contributed by atoms with E-state index in [1.807, 2.05) is 11.3 Å². The van der Waals surface area contributed by atoms with E-state index in [2.05, 4.69) is 49.9 Å². The minimum atomic E-state index is -2.82. The number of nitrogens with one attached hydrogen (secondary N) is 2. The number of hydrogen-bond acceptors (Lipinski definition) is 6. The fourth-order valence-electron chi connectivity index (χ4n) is 3.95. The highest BCUT2D eigenvalue weighted by molar-refractivity contribution is 14.0. The standard InChI is InChI=1S/C20H35N5O2S2.HI/c1-17-5-8-25(9-6-17)18(19-4-3-13-28-19)16-23-20(21-2)22-7-10-24-11-14-29(26,27)15-12-24;/h3-4,13,17-18H,5-12,14-16H2,1-2H3,(H2,21,22,23);1H. The molecule has 0 spiro atoms. The van der Waals surface area contributed by atoms with Crippen LogP contribution in [-0.4, -0.2) is 88.5 Å². The number of nitrogens with zero attached hydrogens (tertiary/aromatic N) is 3. The average molecular weight is 570 g/mol. The highest BCUT2D eigenvalue weighted by Crippen LogP contribution is 2.29. The maximum atomic E-state index is 11.5. The fraction of sp³-hybridized carbons (Fsp3) is 0.750. The molecular weight excluding hydrogens is 533 g/mol. The molecule has 0 aromatic carbocycles. The Bertz CT molecular complexity index is 735. The van der Waals surface area contributed by atoms with Gasteiger partial charge in [0.25, 0.3) is 0 Å². The highest BCUT2D eigenvalue weighted by atomic mass is 127. The van der Waals surface area contributed by atoms with Gasteiger partial charge >= 0.3 is 0 Å². The van der Waals surface area contributed by atoms with Crippen molar-refractivity contribution in [3.05, 3.63) is 22.4 Å². The molecule has 2 saturated heterocycles. The van der Waals surface area contributed by atoms with Crippen LogP contribution in [-0.2, 0) is 9.84 Å². The monoisotopic (exact) mass is 569 g/mol. The van der Waals surface area contributed by atoms with Gasteiger partial charge in [-0.1, -0.05) is 13.0 Å². The second-order valence-electron chi connectivity index (χ2n) is 8.12. The summed E-state index contributed by atoms with van der Waals surface area (Å²) in [5, 5.41) is 9.04. The van der Waals surface area contributed by atoms with Crippen molar-refractivity contribution in [1.82, 2.24) is 20.4 Å². The third-order valence-corrected chi connectivity index (χ3v) is 8.56. The van der Waals surface area contributed by atoms with E-state index >= 15 is 0 Å². The van der Waals surface area contributed by atoms with Crippen molar-refractivity contribution in [3.63, 3.8) is 0 Å². The van der Waals surface area contributed by atoms with Gasteiger partial charge in [-0.05, 0) is 43.3 Å². The molecule has 1 unspecified atom stereocenters. The van der Waals surface area contributed by atoms with E-state index in [0.29, 0.717) is 19.1 Å². The van der Waals surface area contributed by atoms with Gasteiger partial charge in [0.1, 0.15) is 0 Å². The summed E-state index contributed by atoms with van der Waals surface area (Å²) in [6.45, 7) is 8.31. The van der Waals surface area contributed by atoms with Gasteiger partial charge in [-0.15, -0.1) is 35.3 Å². The molecule has 0 aliphatic carbocycles. The lowest BCUT2D eigenvalue weighted by molar-refractivity contribution is 0.140. The molecule has 1 aromatic rings. The summed E-state index contributed by atoms with van der Waals surface area (Å²) in [5.41, 5.74) is 0. The van der Waals surface area contributed by atoms with E-state index in [1.165, 1.54) is 17.7 Å². The molecule has 1 atom stereocenters. The Labute approximate surface area is 202 Å². The Morgan fingerprint density at radius 1 is 1.23 bits per heavy atom. The van der Waals surface area contributed by atoms with Crippen LogP contribution in [0.15, 0.2) is 22.5 Å². The summed E-state index contributed by atoms with van der Waals surface area (Å²) in [5.74, 6) is 2.18. The number of aliphatic imine (C=N–C) groups is 1. The van der Waals surface area contributed by atoms with E-state index in [-0.39, 0.29) is 35.5 Å². The highest BCUT2D eigenvalue weighted by Gasteiger charge is 2.25. The van der Waals surface area contributed by atoms with E-state index < -0.39 is 9.84 Å². The van der Waals surface area contributed by atoms with Crippen LogP contribution in [0, 0.1) is 5.92 Å². The second-order valence-corrected chi connectivity index (χ2v) is 11.4. The lowest BCUT2D eigenvalue weighted by atomic mass is 9.97. The Kier molecular flexibility index (Phi) is 10.8. The van der Waals surface area contributed by atoms with Crippen molar-refractivity contribution < 1.29 is 8.42 Å². The third-order valence-electron chi connectivity index (χ3n) is 5.97. The summed E-state index contributed by atoms with van der Waals surface area (Å²) < 4.78 is 23.1. The summed E-state index contributed by atoms with van der Waals surface area (Å²) in [6, 6.07) is 4.73. The van der Waals surface area contributed by atoms with Gasteiger partial charge in [-0.3, -0.25) is 14.8 Å². The number of rotatable bonds is 7. The van der Waals surface area contributed by atoms with Crippen LogP contribution in [0.4, 0.5) is 0 Å². The average Bonchev–Trinajstić information content (AvgIpc) is 3.23. The molecule has 2 fully saturated rings. The molecule has 2 aliphatic rings. The summed E-state index contributed by atoms with van der Waals surface area (Å²) in [4.78, 5) is 10.6. The van der Waals surface area contributed by atoms with Gasteiger partial charge in [0, 0.05) is 44.6 Å². The summed E-state index contributed by atoms with van der Waals surface area (Å²) in [7, 11) is -1.02. The van der Waals surface area contributed by atoms with Crippen LogP contribution in [0.25, 0.3) is 0 Å². The van der Waals surface area contributed by atoms with Crippen LogP contribution >= 0.6 is 35.3 Å². The molecule has 0 bridgehead atoms. The van der Waals surface area contributed by atoms with E-state index in [9.17, 15) is 8.42 Å². The van der Waals surface area contributed by atoms with Gasteiger partial charge in [0.2, 0.25) is 0 Å². The molecule has 0 saturated carbocycles. The number of likely N-dealkylation sites (tertiary alicyclic amines) is 1. The number of thiophene rings is 1. The van der Waals surface area contributed by atoms with Gasteiger partial charge in [-0.2, -0.15) is 0 Å². The van der Waals surface area contributed by atoms with Gasteiger partial charge in [0.05, 0.1) is 17.5 Å². The molecule has 0 radical (unpaired) electrons. The van der Waals surface area contributed by atoms with Gasteiger partial charge in [0.15, 0.2) is 15.8 Å². The second kappa shape index (κ2) is 12.6. The van der Waals surface area contributed by atoms with E-state index in [1.54, 1.807) is 7.05 Å². The van der Waals surface area contributed by atoms with Crippen LogP contribution in [0.5, 0.6) is 0 Å². The first-order valence-corrected chi connectivity index (χ1v) is 13.3. The van der Waals surface area contributed by atoms with Crippen molar-refractivity contribution in [2.24, 2.45) is 10.9 Å². The number of sulfone groups is 1. The predicted octanol–water partition coefficient (Wildman–Crippen LogP) is 2.03. The maximum Gasteiger partial charge on any atom is 0.191 e. The fourth-order valence-corrected chi connectivity index (χ4v) is 6.09. The SMILES string of the molecule is CN=C(NCCN1CCS(=O)(=O)CC1)NCC(c1cccs1)N1CCC(C)CC1.I. The van der Waals surface area contributed by atoms with E-state index in [0.717, 1.165) is 44.6 Å². The van der Waals surface area contributed by atoms with Crippen molar-refractivity contribution in [2.75, 3.05) is 64.4 Å². The number of piperidine rings is 1. The molecule has 2 N–H and O–H groups in total. The van der Waals surface area contributed by atoms with Crippen LogP contribution in [0.1, 0.15) is 30.7 Å². The smallest absolute Gasteiger partial charge is 0.191 e. The molecule has 0 amide bonds. The molecule has 172 valence electrons. The third kappa shape index (κ3) is 7.92. The van der Waals surface area contributed by atoms with Crippen LogP contribution < -0.4 is 10.6 Å². The molecule has 1 aromatic heterocycles. The van der Waals surface area contributed by atoms with Gasteiger partial charge < -0.3 is 10.6 Å². The Hall–Kier alpha value is -0.430. The quantitative estimate of drug-likeness (QED) is 0.298. The first-order valence-electron chi connectivity index (χ1n) is 10.6. The zero-order chi connectivity index (χ0) is 20.7. The maximum absolute atomic E-state index is 11.5. The van der Waals surface area contributed by atoms with Crippen LogP contribution in [0.2, 0.25) is 0 Å². The molecule has 10 heteroatoms. The number of guanidine groups is 1. The molecule has 3 rings (SSSR count). The Balaban J connectivity index is 0.00000320. The minimum Gasteiger partial charge on any atom is -0.355 e. The molecular formula is C20H36IN5O2S2. The normalized spacial score (nSPS) is 22.3.